The molecule has 0 aliphatic rings. The van der Waals surface area contributed by atoms with Gasteiger partial charge >= 0.3 is 0 Å². The molecule has 96 valence electrons. The SMILES string of the molecule is CCNCc1nnc(Oc2ccc(F)cc2C)s1. The third kappa shape index (κ3) is 3.24. The number of aryl methyl sites for hydroxylation is 1. The lowest BCUT2D eigenvalue weighted by atomic mass is 10.2. The molecule has 0 amide bonds. The van der Waals surface area contributed by atoms with Gasteiger partial charge in [-0.2, -0.15) is 0 Å². The van der Waals surface area contributed by atoms with Gasteiger partial charge in [0.05, 0.1) is 0 Å². The van der Waals surface area contributed by atoms with E-state index in [0.29, 0.717) is 17.5 Å². The number of hydrogen-bond acceptors (Lipinski definition) is 5. The predicted octanol–water partition coefficient (Wildman–Crippen LogP) is 2.89. The minimum absolute atomic E-state index is 0.273. The molecule has 0 atom stereocenters. The van der Waals surface area contributed by atoms with Crippen molar-refractivity contribution in [1.82, 2.24) is 15.5 Å². The Labute approximate surface area is 109 Å². The second-order valence-corrected chi connectivity index (χ2v) is 4.78. The molecule has 18 heavy (non-hydrogen) atoms. The van der Waals surface area contributed by atoms with Crippen molar-refractivity contribution in [3.63, 3.8) is 0 Å². The van der Waals surface area contributed by atoms with Crippen LogP contribution in [-0.4, -0.2) is 16.7 Å². The Hall–Kier alpha value is -1.53. The van der Waals surface area contributed by atoms with Gasteiger partial charge in [0.25, 0.3) is 5.19 Å². The van der Waals surface area contributed by atoms with Gasteiger partial charge in [0.15, 0.2) is 0 Å². The molecule has 4 nitrogen and oxygen atoms in total. The van der Waals surface area contributed by atoms with Crippen molar-refractivity contribution in [1.29, 1.82) is 0 Å². The van der Waals surface area contributed by atoms with Crippen LogP contribution in [0.4, 0.5) is 4.39 Å². The summed E-state index contributed by atoms with van der Waals surface area (Å²) in [7, 11) is 0. The molecule has 0 aliphatic carbocycles. The first-order valence-corrected chi connectivity index (χ1v) is 6.47. The average molecular weight is 267 g/mol. The first kappa shape index (κ1) is 12.9. The lowest BCUT2D eigenvalue weighted by Gasteiger charge is -2.04. The van der Waals surface area contributed by atoms with Gasteiger partial charge in [0.1, 0.15) is 16.6 Å². The third-order valence-corrected chi connectivity index (χ3v) is 3.11. The zero-order valence-electron chi connectivity index (χ0n) is 10.2. The summed E-state index contributed by atoms with van der Waals surface area (Å²) in [5.41, 5.74) is 0.735. The monoisotopic (exact) mass is 267 g/mol. The first-order valence-electron chi connectivity index (χ1n) is 5.66. The second-order valence-electron chi connectivity index (χ2n) is 3.75. The molecule has 0 fully saturated rings. The maximum absolute atomic E-state index is 12.9. The molecule has 2 rings (SSSR count). The van der Waals surface area contributed by atoms with Gasteiger partial charge in [-0.05, 0) is 37.2 Å². The second kappa shape index (κ2) is 5.88. The summed E-state index contributed by atoms with van der Waals surface area (Å²) in [6.07, 6.45) is 0. The van der Waals surface area contributed by atoms with E-state index in [4.69, 9.17) is 4.74 Å². The number of halogens is 1. The molecule has 6 heteroatoms. The van der Waals surface area contributed by atoms with Crippen molar-refractivity contribution in [2.45, 2.75) is 20.4 Å². The van der Waals surface area contributed by atoms with Crippen LogP contribution in [0.15, 0.2) is 18.2 Å². The van der Waals surface area contributed by atoms with Crippen LogP contribution in [0.5, 0.6) is 10.9 Å². The molecule has 1 N–H and O–H groups in total. The van der Waals surface area contributed by atoms with Crippen LogP contribution >= 0.6 is 11.3 Å². The average Bonchev–Trinajstić information content (AvgIpc) is 2.78. The lowest BCUT2D eigenvalue weighted by molar-refractivity contribution is 0.467. The molecular weight excluding hydrogens is 253 g/mol. The lowest BCUT2D eigenvalue weighted by Crippen LogP contribution is -2.11. The number of nitrogens with zero attached hydrogens (tertiary/aromatic N) is 2. The van der Waals surface area contributed by atoms with Crippen LogP contribution in [0.2, 0.25) is 0 Å². The number of ether oxygens (including phenoxy) is 1. The Morgan fingerprint density at radius 2 is 2.22 bits per heavy atom. The molecule has 0 saturated heterocycles. The fraction of sp³-hybridized carbons (Fsp3) is 0.333. The molecular formula is C12H14FN3OS. The molecule has 0 bridgehead atoms. The Morgan fingerprint density at radius 1 is 1.39 bits per heavy atom. The van der Waals surface area contributed by atoms with E-state index in [2.05, 4.69) is 15.5 Å². The van der Waals surface area contributed by atoms with E-state index in [-0.39, 0.29) is 5.82 Å². The number of benzene rings is 1. The quantitative estimate of drug-likeness (QED) is 0.905. The van der Waals surface area contributed by atoms with E-state index in [9.17, 15) is 4.39 Å². The number of hydrogen-bond donors (Lipinski definition) is 1. The molecule has 0 radical (unpaired) electrons. The van der Waals surface area contributed by atoms with Gasteiger partial charge in [-0.1, -0.05) is 23.4 Å². The maximum atomic E-state index is 12.9. The van der Waals surface area contributed by atoms with Crippen molar-refractivity contribution >= 4 is 11.3 Å². The first-order chi connectivity index (χ1) is 8.69. The van der Waals surface area contributed by atoms with E-state index in [1.54, 1.807) is 13.0 Å². The summed E-state index contributed by atoms with van der Waals surface area (Å²) in [4.78, 5) is 0. The maximum Gasteiger partial charge on any atom is 0.299 e. The van der Waals surface area contributed by atoms with Crippen molar-refractivity contribution in [3.05, 3.63) is 34.6 Å². The molecule has 0 unspecified atom stereocenters. The highest BCUT2D eigenvalue weighted by atomic mass is 32.1. The van der Waals surface area contributed by atoms with E-state index in [0.717, 1.165) is 17.1 Å². The third-order valence-electron chi connectivity index (χ3n) is 2.31. The topological polar surface area (TPSA) is 47.0 Å². The van der Waals surface area contributed by atoms with Gasteiger partial charge in [-0.3, -0.25) is 0 Å². The Morgan fingerprint density at radius 3 is 2.94 bits per heavy atom. The van der Waals surface area contributed by atoms with Crippen LogP contribution < -0.4 is 10.1 Å². The van der Waals surface area contributed by atoms with Crippen LogP contribution in [0, 0.1) is 12.7 Å². The summed E-state index contributed by atoms with van der Waals surface area (Å²) in [5, 5.41) is 12.4. The Kier molecular flexibility index (Phi) is 4.22. The summed E-state index contributed by atoms with van der Waals surface area (Å²) in [6.45, 7) is 5.38. The molecule has 0 aliphatic heterocycles. The minimum Gasteiger partial charge on any atom is -0.430 e. The van der Waals surface area contributed by atoms with Crippen molar-refractivity contribution < 1.29 is 9.13 Å². The fourth-order valence-electron chi connectivity index (χ4n) is 1.40. The van der Waals surface area contributed by atoms with Gasteiger partial charge in [-0.15, -0.1) is 5.10 Å². The van der Waals surface area contributed by atoms with Gasteiger partial charge < -0.3 is 10.1 Å². The van der Waals surface area contributed by atoms with Crippen molar-refractivity contribution in [2.75, 3.05) is 6.54 Å². The summed E-state index contributed by atoms with van der Waals surface area (Å²) in [5.74, 6) is 0.326. The van der Waals surface area contributed by atoms with Crippen LogP contribution in [-0.2, 0) is 6.54 Å². The van der Waals surface area contributed by atoms with Crippen LogP contribution in [0.3, 0.4) is 0 Å². The van der Waals surface area contributed by atoms with E-state index in [1.165, 1.54) is 23.5 Å². The standard InChI is InChI=1S/C12H14FN3OS/c1-3-14-7-11-15-16-12(18-11)17-10-5-4-9(13)6-8(10)2/h4-6,14H,3,7H2,1-2H3. The smallest absolute Gasteiger partial charge is 0.299 e. The van der Waals surface area contributed by atoms with E-state index >= 15 is 0 Å². The zero-order chi connectivity index (χ0) is 13.0. The molecule has 0 spiro atoms. The molecule has 1 aromatic heterocycles. The van der Waals surface area contributed by atoms with Crippen LogP contribution in [0.25, 0.3) is 0 Å². The Balaban J connectivity index is 2.06. The zero-order valence-corrected chi connectivity index (χ0v) is 11.1. The van der Waals surface area contributed by atoms with Gasteiger partial charge in [0, 0.05) is 6.54 Å². The normalized spacial score (nSPS) is 10.6. The molecule has 1 aromatic carbocycles. The largest absolute Gasteiger partial charge is 0.430 e. The van der Waals surface area contributed by atoms with Gasteiger partial charge in [-0.25, -0.2) is 4.39 Å². The fourth-order valence-corrected chi connectivity index (χ4v) is 2.07. The summed E-state index contributed by atoms with van der Waals surface area (Å²) in [6, 6.07) is 4.38. The number of rotatable bonds is 5. The summed E-state index contributed by atoms with van der Waals surface area (Å²) < 4.78 is 18.5. The molecule has 1 heterocycles. The number of aromatic nitrogens is 2. The molecule has 2 aromatic rings. The van der Waals surface area contributed by atoms with Gasteiger partial charge in [0.2, 0.25) is 0 Å². The highest BCUT2D eigenvalue weighted by molar-refractivity contribution is 7.13. The van der Waals surface area contributed by atoms with Crippen LogP contribution in [0.1, 0.15) is 17.5 Å². The number of nitrogens with one attached hydrogen (secondary N) is 1. The van der Waals surface area contributed by atoms with Crippen molar-refractivity contribution in [2.24, 2.45) is 0 Å². The highest BCUT2D eigenvalue weighted by Crippen LogP contribution is 2.27. The van der Waals surface area contributed by atoms with E-state index in [1.807, 2.05) is 6.92 Å². The molecule has 0 saturated carbocycles. The predicted molar refractivity (Wildman–Crippen MR) is 68.5 cm³/mol. The van der Waals surface area contributed by atoms with Crippen molar-refractivity contribution in [3.8, 4) is 10.9 Å². The minimum atomic E-state index is -0.273. The Bertz CT molecular complexity index is 530. The summed E-state index contributed by atoms with van der Waals surface area (Å²) >= 11 is 1.38. The highest BCUT2D eigenvalue weighted by Gasteiger charge is 2.08. The van der Waals surface area contributed by atoms with E-state index < -0.39 is 0 Å².